The standard InChI is InChI=1S/C16H10N2S2/c1-9-5-15-11(7-13(9)17-3)12-8-14(18-4)10(2)6-16(12)20-19-15/h5-8H,1-2H3. The van der Waals surface area contributed by atoms with Crippen molar-refractivity contribution >= 4 is 33.0 Å². The fourth-order valence-electron chi connectivity index (χ4n) is 2.23. The molecule has 2 aromatic rings. The van der Waals surface area contributed by atoms with Gasteiger partial charge in [-0.2, -0.15) is 0 Å². The predicted octanol–water partition coefficient (Wildman–Crippen LogP) is 6.18. The normalized spacial score (nSPS) is 12.0. The van der Waals surface area contributed by atoms with Gasteiger partial charge in [0, 0.05) is 9.79 Å². The molecule has 2 aromatic carbocycles. The Balaban J connectivity index is 2.30. The summed E-state index contributed by atoms with van der Waals surface area (Å²) in [5, 5.41) is 0. The van der Waals surface area contributed by atoms with E-state index in [4.69, 9.17) is 13.1 Å². The topological polar surface area (TPSA) is 8.72 Å². The molecule has 96 valence electrons. The molecular weight excluding hydrogens is 284 g/mol. The molecule has 0 aliphatic carbocycles. The van der Waals surface area contributed by atoms with E-state index in [0.717, 1.165) is 22.3 Å². The first-order chi connectivity index (χ1) is 9.63. The van der Waals surface area contributed by atoms with Crippen molar-refractivity contribution in [3.63, 3.8) is 0 Å². The van der Waals surface area contributed by atoms with Gasteiger partial charge in [-0.25, -0.2) is 9.69 Å². The smallest absolute Gasteiger partial charge is 0.190 e. The molecule has 1 aliphatic rings. The van der Waals surface area contributed by atoms with Crippen LogP contribution in [0.4, 0.5) is 11.4 Å². The maximum Gasteiger partial charge on any atom is 0.190 e. The molecule has 0 fully saturated rings. The number of hydrogen-bond acceptors (Lipinski definition) is 2. The van der Waals surface area contributed by atoms with Crippen molar-refractivity contribution < 1.29 is 0 Å². The fourth-order valence-corrected chi connectivity index (χ4v) is 4.74. The molecule has 0 unspecified atom stereocenters. The SMILES string of the molecule is [C-]#[N+]c1cc2c(cc1C)SSc1cc(C)c([N+]#[C-])cc1-2. The Morgan fingerprint density at radius 1 is 0.750 bits per heavy atom. The van der Waals surface area contributed by atoms with Crippen LogP contribution in [0.15, 0.2) is 34.1 Å². The lowest BCUT2D eigenvalue weighted by molar-refractivity contribution is 1.32. The summed E-state index contributed by atoms with van der Waals surface area (Å²) >= 11 is 0. The van der Waals surface area contributed by atoms with E-state index in [9.17, 15) is 0 Å². The number of hydrogen-bond donors (Lipinski definition) is 0. The van der Waals surface area contributed by atoms with E-state index in [0.29, 0.717) is 11.4 Å². The molecule has 1 aliphatic heterocycles. The van der Waals surface area contributed by atoms with Gasteiger partial charge < -0.3 is 0 Å². The van der Waals surface area contributed by atoms with Gasteiger partial charge in [0.05, 0.1) is 13.1 Å². The third kappa shape index (κ3) is 1.98. The summed E-state index contributed by atoms with van der Waals surface area (Å²) in [7, 11) is 3.45. The highest BCUT2D eigenvalue weighted by Gasteiger charge is 2.20. The molecule has 0 spiro atoms. The number of fused-ring (bicyclic) bond motifs is 3. The predicted molar refractivity (Wildman–Crippen MR) is 85.6 cm³/mol. The number of aryl methyl sites for hydroxylation is 2. The fraction of sp³-hybridized carbons (Fsp3) is 0.125. The van der Waals surface area contributed by atoms with Crippen LogP contribution in [0.2, 0.25) is 0 Å². The van der Waals surface area contributed by atoms with Crippen LogP contribution in [-0.4, -0.2) is 0 Å². The Morgan fingerprint density at radius 3 is 1.50 bits per heavy atom. The van der Waals surface area contributed by atoms with E-state index in [-0.39, 0.29) is 0 Å². The molecule has 0 radical (unpaired) electrons. The van der Waals surface area contributed by atoms with Crippen molar-refractivity contribution in [3.05, 3.63) is 58.2 Å². The van der Waals surface area contributed by atoms with Crippen molar-refractivity contribution in [2.24, 2.45) is 0 Å². The molecule has 2 nitrogen and oxygen atoms in total. The zero-order valence-corrected chi connectivity index (χ0v) is 12.7. The first kappa shape index (κ1) is 13.1. The average molecular weight is 294 g/mol. The van der Waals surface area contributed by atoms with Crippen LogP contribution in [-0.2, 0) is 0 Å². The summed E-state index contributed by atoms with van der Waals surface area (Å²) in [5.41, 5.74) is 5.54. The van der Waals surface area contributed by atoms with Crippen LogP contribution < -0.4 is 0 Å². The zero-order valence-electron chi connectivity index (χ0n) is 11.0. The lowest BCUT2D eigenvalue weighted by Crippen LogP contribution is -1.92. The Bertz CT molecular complexity index is 741. The second-order valence-electron chi connectivity index (χ2n) is 4.66. The zero-order chi connectivity index (χ0) is 14.3. The lowest BCUT2D eigenvalue weighted by atomic mass is 10.0. The summed E-state index contributed by atoms with van der Waals surface area (Å²) in [6.45, 7) is 18.5. The van der Waals surface area contributed by atoms with Gasteiger partial charge in [-0.05, 0) is 48.2 Å². The van der Waals surface area contributed by atoms with Crippen molar-refractivity contribution in [1.29, 1.82) is 0 Å². The first-order valence-electron chi connectivity index (χ1n) is 6.03. The molecule has 0 atom stereocenters. The molecular formula is C16H10N2S2. The van der Waals surface area contributed by atoms with E-state index in [1.807, 2.05) is 26.0 Å². The summed E-state index contributed by atoms with van der Waals surface area (Å²) in [5.74, 6) is 0. The maximum atomic E-state index is 7.26. The van der Waals surface area contributed by atoms with E-state index >= 15 is 0 Å². The summed E-state index contributed by atoms with van der Waals surface area (Å²) < 4.78 is 0. The van der Waals surface area contributed by atoms with Crippen LogP contribution in [0.3, 0.4) is 0 Å². The summed E-state index contributed by atoms with van der Waals surface area (Å²) in [4.78, 5) is 9.52. The van der Waals surface area contributed by atoms with Crippen LogP contribution in [0.5, 0.6) is 0 Å². The second kappa shape index (κ2) is 4.90. The third-order valence-electron chi connectivity index (χ3n) is 3.35. The molecule has 20 heavy (non-hydrogen) atoms. The quantitative estimate of drug-likeness (QED) is 0.423. The highest BCUT2D eigenvalue weighted by molar-refractivity contribution is 8.76. The van der Waals surface area contributed by atoms with Crippen molar-refractivity contribution in [3.8, 4) is 11.1 Å². The largest absolute Gasteiger partial charge is 0.238 e. The van der Waals surface area contributed by atoms with Crippen LogP contribution in [0, 0.1) is 27.0 Å². The average Bonchev–Trinajstić information content (AvgIpc) is 2.45. The molecule has 0 saturated heterocycles. The molecule has 3 rings (SSSR count). The van der Waals surface area contributed by atoms with E-state index in [1.54, 1.807) is 21.6 Å². The van der Waals surface area contributed by atoms with Crippen molar-refractivity contribution in [1.82, 2.24) is 0 Å². The minimum absolute atomic E-state index is 0.687. The van der Waals surface area contributed by atoms with Gasteiger partial charge in [0.2, 0.25) is 0 Å². The Morgan fingerprint density at radius 2 is 1.15 bits per heavy atom. The minimum atomic E-state index is 0.687. The molecule has 1 heterocycles. The Labute approximate surface area is 126 Å². The maximum absolute atomic E-state index is 7.26. The van der Waals surface area contributed by atoms with Crippen LogP contribution in [0.1, 0.15) is 11.1 Å². The molecule has 0 amide bonds. The van der Waals surface area contributed by atoms with Crippen molar-refractivity contribution in [2.45, 2.75) is 23.6 Å². The summed E-state index contributed by atoms with van der Waals surface area (Å²) in [6, 6.07) is 8.04. The molecule has 0 aromatic heterocycles. The molecule has 0 bridgehead atoms. The van der Waals surface area contributed by atoms with Gasteiger partial charge in [0.15, 0.2) is 11.4 Å². The third-order valence-corrected chi connectivity index (χ3v) is 5.79. The van der Waals surface area contributed by atoms with Gasteiger partial charge in [-0.15, -0.1) is 0 Å². The van der Waals surface area contributed by atoms with Crippen LogP contribution in [0.25, 0.3) is 20.8 Å². The first-order valence-corrected chi connectivity index (χ1v) is 8.18. The molecule has 4 heteroatoms. The highest BCUT2D eigenvalue weighted by Crippen LogP contribution is 2.53. The number of benzene rings is 2. The van der Waals surface area contributed by atoms with Crippen molar-refractivity contribution in [2.75, 3.05) is 0 Å². The molecule has 0 saturated carbocycles. The Hall–Kier alpha value is -1.88. The summed E-state index contributed by atoms with van der Waals surface area (Å²) in [6.07, 6.45) is 0. The Kier molecular flexibility index (Phi) is 3.22. The minimum Gasteiger partial charge on any atom is -0.238 e. The number of nitrogens with zero attached hydrogens (tertiary/aromatic N) is 2. The van der Waals surface area contributed by atoms with Crippen LogP contribution >= 0.6 is 21.6 Å². The monoisotopic (exact) mass is 294 g/mol. The van der Waals surface area contributed by atoms with E-state index in [1.165, 1.54) is 9.79 Å². The lowest BCUT2D eigenvalue weighted by Gasteiger charge is -2.20. The van der Waals surface area contributed by atoms with Gasteiger partial charge in [-0.3, -0.25) is 0 Å². The number of rotatable bonds is 0. The van der Waals surface area contributed by atoms with Gasteiger partial charge in [0.1, 0.15) is 0 Å². The van der Waals surface area contributed by atoms with Gasteiger partial charge >= 0.3 is 0 Å². The second-order valence-corrected chi connectivity index (χ2v) is 6.87. The van der Waals surface area contributed by atoms with Gasteiger partial charge in [0.25, 0.3) is 0 Å². The highest BCUT2D eigenvalue weighted by atomic mass is 33.1. The molecule has 0 N–H and O–H groups in total. The van der Waals surface area contributed by atoms with Gasteiger partial charge in [-0.1, -0.05) is 33.7 Å². The van der Waals surface area contributed by atoms with E-state index in [2.05, 4.69) is 21.8 Å². The van der Waals surface area contributed by atoms with E-state index < -0.39 is 0 Å².